The number of hydrogen-bond acceptors (Lipinski definition) is 3. The molecule has 0 spiro atoms. The summed E-state index contributed by atoms with van der Waals surface area (Å²) in [5.41, 5.74) is 1.16. The minimum atomic E-state index is -0.229. The largest absolute Gasteiger partial charge is 0.508 e. The highest BCUT2D eigenvalue weighted by Crippen LogP contribution is 2.20. The molecule has 1 heterocycles. The number of nitrogens with zero attached hydrogens (tertiary/aromatic N) is 1. The highest BCUT2D eigenvalue weighted by atomic mass is 35.5. The molecule has 0 aliphatic rings. The van der Waals surface area contributed by atoms with Gasteiger partial charge in [-0.2, -0.15) is 0 Å². The van der Waals surface area contributed by atoms with Gasteiger partial charge in [-0.15, -0.1) is 0 Å². The van der Waals surface area contributed by atoms with E-state index < -0.39 is 0 Å². The molecule has 0 aliphatic carbocycles. The third-order valence-electron chi connectivity index (χ3n) is 3.03. The molecule has 0 fully saturated rings. The Kier molecular flexibility index (Phi) is 3.46. The van der Waals surface area contributed by atoms with Crippen molar-refractivity contribution in [1.29, 1.82) is 0 Å². The highest BCUT2D eigenvalue weighted by Gasteiger charge is 2.06. The van der Waals surface area contributed by atoms with E-state index >= 15 is 0 Å². The van der Waals surface area contributed by atoms with E-state index in [2.05, 4.69) is 9.97 Å². The van der Waals surface area contributed by atoms with Gasteiger partial charge in [-0.25, -0.2) is 4.98 Å². The lowest BCUT2D eigenvalue weighted by molar-refractivity contribution is 0.475. The van der Waals surface area contributed by atoms with Gasteiger partial charge in [0, 0.05) is 0 Å². The number of halogens is 1. The normalized spacial score (nSPS) is 11.8. The Balaban J connectivity index is 2.07. The van der Waals surface area contributed by atoms with E-state index in [4.69, 9.17) is 11.6 Å². The molecule has 0 saturated carbocycles. The first-order valence-electron chi connectivity index (χ1n) is 6.29. The molecule has 104 valence electrons. The van der Waals surface area contributed by atoms with Crippen molar-refractivity contribution in [2.75, 3.05) is 0 Å². The van der Waals surface area contributed by atoms with Crippen LogP contribution in [0.1, 0.15) is 11.4 Å². The number of aromatic amines is 1. The summed E-state index contributed by atoms with van der Waals surface area (Å²) in [6.07, 6.45) is 1.67. The third-order valence-corrected chi connectivity index (χ3v) is 3.31. The Morgan fingerprint density at radius 1 is 1.14 bits per heavy atom. The minimum absolute atomic E-state index is 0.181. The van der Waals surface area contributed by atoms with Gasteiger partial charge in [0.15, 0.2) is 5.82 Å². The maximum absolute atomic E-state index is 12.0. The first-order valence-corrected chi connectivity index (χ1v) is 6.67. The van der Waals surface area contributed by atoms with Crippen LogP contribution in [0.3, 0.4) is 0 Å². The number of H-pyrrole nitrogens is 1. The fraction of sp³-hybridized carbons (Fsp3) is 0. The molecule has 3 aromatic rings. The summed E-state index contributed by atoms with van der Waals surface area (Å²) >= 11 is 6.22. The van der Waals surface area contributed by atoms with Gasteiger partial charge in [-0.05, 0) is 35.9 Å². The fourth-order valence-corrected chi connectivity index (χ4v) is 2.20. The van der Waals surface area contributed by atoms with Gasteiger partial charge < -0.3 is 10.1 Å². The molecular formula is C16H11ClN2O2. The van der Waals surface area contributed by atoms with Crippen LogP contribution in [0.15, 0.2) is 53.3 Å². The minimum Gasteiger partial charge on any atom is -0.508 e. The Hall–Kier alpha value is -2.59. The maximum atomic E-state index is 12.0. The summed E-state index contributed by atoms with van der Waals surface area (Å²) in [6.45, 7) is 0. The molecule has 4 nitrogen and oxygen atoms in total. The van der Waals surface area contributed by atoms with Crippen LogP contribution in [-0.2, 0) is 0 Å². The molecule has 0 bridgehead atoms. The van der Waals surface area contributed by atoms with Crippen molar-refractivity contribution >= 4 is 33.6 Å². The zero-order valence-corrected chi connectivity index (χ0v) is 11.6. The lowest BCUT2D eigenvalue weighted by Gasteiger charge is -2.02. The lowest BCUT2D eigenvalue weighted by atomic mass is 10.2. The summed E-state index contributed by atoms with van der Waals surface area (Å²) in [4.78, 5) is 19.0. The summed E-state index contributed by atoms with van der Waals surface area (Å²) in [5, 5.41) is 10.1. The van der Waals surface area contributed by atoms with Gasteiger partial charge in [-0.3, -0.25) is 4.79 Å². The molecule has 0 aliphatic heterocycles. The number of hydrogen-bond donors (Lipinski definition) is 2. The number of aromatic hydroxyl groups is 1. The van der Waals surface area contributed by atoms with E-state index in [0.29, 0.717) is 21.8 Å². The first kappa shape index (κ1) is 13.4. The van der Waals surface area contributed by atoms with Gasteiger partial charge in [0.2, 0.25) is 0 Å². The highest BCUT2D eigenvalue weighted by molar-refractivity contribution is 6.50. The average Bonchev–Trinajstić information content (AvgIpc) is 2.49. The van der Waals surface area contributed by atoms with E-state index in [9.17, 15) is 9.90 Å². The molecule has 5 heteroatoms. The maximum Gasteiger partial charge on any atom is 0.259 e. The van der Waals surface area contributed by atoms with E-state index in [1.54, 1.807) is 48.5 Å². The zero-order chi connectivity index (χ0) is 14.8. The molecule has 3 rings (SSSR count). The molecule has 0 amide bonds. The van der Waals surface area contributed by atoms with Gasteiger partial charge in [-0.1, -0.05) is 35.9 Å². The Morgan fingerprint density at radius 2 is 1.86 bits per heavy atom. The second kappa shape index (κ2) is 5.42. The predicted molar refractivity (Wildman–Crippen MR) is 84.2 cm³/mol. The van der Waals surface area contributed by atoms with Gasteiger partial charge in [0.25, 0.3) is 5.56 Å². The number of aromatic nitrogens is 2. The molecule has 0 unspecified atom stereocenters. The van der Waals surface area contributed by atoms with Crippen molar-refractivity contribution < 1.29 is 5.11 Å². The average molecular weight is 299 g/mol. The number of benzene rings is 2. The number of nitrogens with one attached hydrogen (secondary N) is 1. The monoisotopic (exact) mass is 298 g/mol. The van der Waals surface area contributed by atoms with E-state index in [0.717, 1.165) is 5.56 Å². The Bertz CT molecular complexity index is 883. The molecule has 0 atom stereocenters. The van der Waals surface area contributed by atoms with Crippen LogP contribution in [0, 0.1) is 0 Å². The zero-order valence-electron chi connectivity index (χ0n) is 10.9. The number of para-hydroxylation sites is 1. The van der Waals surface area contributed by atoms with Crippen LogP contribution >= 0.6 is 11.6 Å². The van der Waals surface area contributed by atoms with Crippen LogP contribution in [-0.4, -0.2) is 15.1 Å². The first-order chi connectivity index (χ1) is 10.1. The van der Waals surface area contributed by atoms with Gasteiger partial charge in [0.05, 0.1) is 15.9 Å². The summed E-state index contributed by atoms with van der Waals surface area (Å²) in [5.74, 6) is 0.494. The van der Waals surface area contributed by atoms with Crippen molar-refractivity contribution in [2.45, 2.75) is 0 Å². The van der Waals surface area contributed by atoms with Gasteiger partial charge in [0.1, 0.15) is 5.75 Å². The molecule has 1 aromatic heterocycles. The van der Waals surface area contributed by atoms with E-state index in [-0.39, 0.29) is 11.3 Å². The van der Waals surface area contributed by atoms with Crippen LogP contribution < -0.4 is 5.56 Å². The number of phenols is 1. The van der Waals surface area contributed by atoms with Crippen LogP contribution in [0.2, 0.25) is 0 Å². The summed E-state index contributed by atoms with van der Waals surface area (Å²) in [6, 6.07) is 13.6. The van der Waals surface area contributed by atoms with E-state index in [1.807, 2.05) is 6.07 Å². The van der Waals surface area contributed by atoms with Crippen LogP contribution in [0.25, 0.3) is 22.0 Å². The van der Waals surface area contributed by atoms with Crippen molar-refractivity contribution in [3.63, 3.8) is 0 Å². The predicted octanol–water partition coefficient (Wildman–Crippen LogP) is 3.37. The fourth-order valence-electron chi connectivity index (χ4n) is 1.98. The molecule has 2 aromatic carbocycles. The second-order valence-corrected chi connectivity index (χ2v) is 4.92. The van der Waals surface area contributed by atoms with Crippen LogP contribution in [0.4, 0.5) is 0 Å². The van der Waals surface area contributed by atoms with Crippen molar-refractivity contribution in [2.24, 2.45) is 0 Å². The number of rotatable bonds is 2. The smallest absolute Gasteiger partial charge is 0.259 e. The molecule has 2 N–H and O–H groups in total. The quantitative estimate of drug-likeness (QED) is 0.762. The SMILES string of the molecule is O=c1[nH]c(/C(Cl)=C/c2ccc(O)cc2)nc2ccccc12. The molecule has 21 heavy (non-hydrogen) atoms. The molecule has 0 radical (unpaired) electrons. The van der Waals surface area contributed by atoms with Gasteiger partial charge >= 0.3 is 0 Å². The summed E-state index contributed by atoms with van der Waals surface area (Å²) in [7, 11) is 0. The lowest BCUT2D eigenvalue weighted by Crippen LogP contribution is -2.10. The van der Waals surface area contributed by atoms with Crippen LogP contribution in [0.5, 0.6) is 5.75 Å². The third kappa shape index (κ3) is 2.80. The Labute approximate surface area is 125 Å². The van der Waals surface area contributed by atoms with Crippen molar-refractivity contribution in [3.05, 3.63) is 70.3 Å². The van der Waals surface area contributed by atoms with E-state index in [1.165, 1.54) is 0 Å². The summed E-state index contributed by atoms with van der Waals surface area (Å²) < 4.78 is 0. The standard InChI is InChI=1S/C16H11ClN2O2/c17-13(9-10-5-7-11(20)8-6-10)15-18-14-4-2-1-3-12(14)16(21)19-15/h1-9,20H,(H,18,19,21)/b13-9-. The number of phenolic OH excluding ortho intramolecular Hbond substituents is 1. The number of fused-ring (bicyclic) bond motifs is 1. The molecule has 0 saturated heterocycles. The Morgan fingerprint density at radius 3 is 2.62 bits per heavy atom. The van der Waals surface area contributed by atoms with Crippen molar-refractivity contribution in [3.8, 4) is 5.75 Å². The topological polar surface area (TPSA) is 66.0 Å². The second-order valence-electron chi connectivity index (χ2n) is 4.52. The van der Waals surface area contributed by atoms with Crippen molar-refractivity contribution in [1.82, 2.24) is 9.97 Å². The molecular weight excluding hydrogens is 288 g/mol.